The van der Waals surface area contributed by atoms with E-state index < -0.39 is 0 Å². The van der Waals surface area contributed by atoms with Gasteiger partial charge in [-0.15, -0.1) is 0 Å². The molecule has 1 aromatic rings. The van der Waals surface area contributed by atoms with E-state index in [-0.39, 0.29) is 6.04 Å². The molecule has 4 heteroatoms. The van der Waals surface area contributed by atoms with Crippen molar-refractivity contribution in [2.75, 3.05) is 11.9 Å². The Morgan fingerprint density at radius 2 is 2.31 bits per heavy atom. The van der Waals surface area contributed by atoms with Crippen LogP contribution in [0.25, 0.3) is 0 Å². The van der Waals surface area contributed by atoms with Crippen molar-refractivity contribution in [1.82, 2.24) is 0 Å². The molecule has 2 rings (SSSR count). The van der Waals surface area contributed by atoms with Gasteiger partial charge in [-0.25, -0.2) is 0 Å². The molecule has 1 aromatic carbocycles. The maximum absolute atomic E-state index is 6.07. The van der Waals surface area contributed by atoms with Crippen LogP contribution in [0.3, 0.4) is 0 Å². The minimum Gasteiger partial charge on any atom is -0.384 e. The first kappa shape index (κ1) is 9.31. The number of nitrogens with two attached hydrogens (primary N) is 1. The summed E-state index contributed by atoms with van der Waals surface area (Å²) in [5.41, 5.74) is 8.05. The average molecular weight is 262 g/mol. The molecule has 0 saturated heterocycles. The number of hydrogen-bond donors (Lipinski definition) is 2. The van der Waals surface area contributed by atoms with Crippen LogP contribution in [-0.4, -0.2) is 6.54 Å². The molecule has 2 nitrogen and oxygen atoms in total. The average Bonchev–Trinajstić information content (AvgIpc) is 2.12. The van der Waals surface area contributed by atoms with Gasteiger partial charge in [0.25, 0.3) is 0 Å². The third-order valence-corrected chi connectivity index (χ3v) is 3.26. The van der Waals surface area contributed by atoms with Crippen molar-refractivity contribution in [1.29, 1.82) is 0 Å². The highest BCUT2D eigenvalue weighted by Crippen LogP contribution is 2.38. The largest absolute Gasteiger partial charge is 0.384 e. The summed E-state index contributed by atoms with van der Waals surface area (Å²) in [5, 5.41) is 4.04. The molecule has 0 radical (unpaired) electrons. The first-order chi connectivity index (χ1) is 6.20. The Kier molecular flexibility index (Phi) is 2.49. The molecule has 0 amide bonds. The smallest absolute Gasteiger partial charge is 0.0548 e. The van der Waals surface area contributed by atoms with Crippen molar-refractivity contribution in [3.63, 3.8) is 0 Å². The lowest BCUT2D eigenvalue weighted by Crippen LogP contribution is -2.23. The Morgan fingerprint density at radius 1 is 1.54 bits per heavy atom. The molecule has 1 aliphatic heterocycles. The molecule has 0 bridgehead atoms. The number of halogens is 2. The quantitative estimate of drug-likeness (QED) is 0.753. The van der Waals surface area contributed by atoms with Crippen LogP contribution >= 0.6 is 27.5 Å². The number of rotatable bonds is 0. The molecule has 1 heterocycles. The van der Waals surface area contributed by atoms with Crippen LogP contribution in [0.15, 0.2) is 16.6 Å². The Labute approximate surface area is 90.6 Å². The van der Waals surface area contributed by atoms with Gasteiger partial charge in [0.2, 0.25) is 0 Å². The first-order valence-corrected chi connectivity index (χ1v) is 5.34. The van der Waals surface area contributed by atoms with E-state index in [1.807, 2.05) is 12.1 Å². The Balaban J connectivity index is 2.60. The monoisotopic (exact) mass is 260 g/mol. The molecule has 0 spiro atoms. The van der Waals surface area contributed by atoms with E-state index in [1.165, 1.54) is 0 Å². The molecule has 1 atom stereocenters. The predicted molar refractivity (Wildman–Crippen MR) is 59.2 cm³/mol. The van der Waals surface area contributed by atoms with Crippen molar-refractivity contribution in [3.05, 3.63) is 27.2 Å². The Bertz CT molecular complexity index is 341. The molecule has 3 N–H and O–H groups in total. The van der Waals surface area contributed by atoms with Gasteiger partial charge in [-0.3, -0.25) is 0 Å². The minimum absolute atomic E-state index is 0.0567. The van der Waals surface area contributed by atoms with Gasteiger partial charge in [-0.2, -0.15) is 0 Å². The second-order valence-corrected chi connectivity index (χ2v) is 4.40. The summed E-state index contributed by atoms with van der Waals surface area (Å²) >= 11 is 9.54. The number of hydrogen-bond acceptors (Lipinski definition) is 2. The third-order valence-electron chi connectivity index (χ3n) is 2.27. The van der Waals surface area contributed by atoms with E-state index in [9.17, 15) is 0 Å². The number of fused-ring (bicyclic) bond motifs is 1. The van der Waals surface area contributed by atoms with Crippen molar-refractivity contribution in [2.24, 2.45) is 5.73 Å². The van der Waals surface area contributed by atoms with E-state index in [0.717, 1.165) is 33.7 Å². The highest BCUT2D eigenvalue weighted by atomic mass is 79.9. The number of nitrogens with one attached hydrogen (secondary N) is 1. The molecule has 1 aliphatic rings. The summed E-state index contributed by atoms with van der Waals surface area (Å²) in [7, 11) is 0. The van der Waals surface area contributed by atoms with E-state index >= 15 is 0 Å². The van der Waals surface area contributed by atoms with Gasteiger partial charge in [0.1, 0.15) is 0 Å². The van der Waals surface area contributed by atoms with Crippen LogP contribution < -0.4 is 11.1 Å². The molecule has 0 saturated carbocycles. The highest BCUT2D eigenvalue weighted by molar-refractivity contribution is 9.10. The van der Waals surface area contributed by atoms with Crippen molar-refractivity contribution < 1.29 is 0 Å². The van der Waals surface area contributed by atoms with E-state index in [1.54, 1.807) is 0 Å². The lowest BCUT2D eigenvalue weighted by Gasteiger charge is -2.25. The standard InChI is InChI=1S/C9H10BrClN2/c10-5-1-2-6(11)8-7(12)3-4-13-9(5)8/h1-2,7,13H,3-4,12H2. The van der Waals surface area contributed by atoms with Gasteiger partial charge in [0, 0.05) is 27.6 Å². The molecule has 1 unspecified atom stereocenters. The summed E-state index contributed by atoms with van der Waals surface area (Å²) in [5.74, 6) is 0. The van der Waals surface area contributed by atoms with Gasteiger partial charge in [-0.05, 0) is 34.5 Å². The molecular weight excluding hydrogens is 251 g/mol. The fourth-order valence-electron chi connectivity index (χ4n) is 1.61. The predicted octanol–water partition coefficient (Wildman–Crippen LogP) is 2.92. The zero-order valence-corrected chi connectivity index (χ0v) is 9.32. The number of benzene rings is 1. The summed E-state index contributed by atoms with van der Waals surface area (Å²) in [6.45, 7) is 0.910. The second-order valence-electron chi connectivity index (χ2n) is 3.14. The van der Waals surface area contributed by atoms with Crippen LogP contribution in [0.1, 0.15) is 18.0 Å². The fraction of sp³-hybridized carbons (Fsp3) is 0.333. The Hall–Kier alpha value is -0.250. The van der Waals surface area contributed by atoms with E-state index in [2.05, 4.69) is 21.2 Å². The zero-order valence-electron chi connectivity index (χ0n) is 6.98. The molecule has 70 valence electrons. The highest BCUT2D eigenvalue weighted by Gasteiger charge is 2.21. The van der Waals surface area contributed by atoms with Crippen LogP contribution in [0.4, 0.5) is 5.69 Å². The van der Waals surface area contributed by atoms with Crippen molar-refractivity contribution in [3.8, 4) is 0 Å². The van der Waals surface area contributed by atoms with Crippen LogP contribution in [0.5, 0.6) is 0 Å². The summed E-state index contributed by atoms with van der Waals surface area (Å²) in [4.78, 5) is 0. The van der Waals surface area contributed by atoms with Crippen LogP contribution in [-0.2, 0) is 0 Å². The minimum atomic E-state index is 0.0567. The van der Waals surface area contributed by atoms with Gasteiger partial charge in [0.15, 0.2) is 0 Å². The van der Waals surface area contributed by atoms with E-state index in [0.29, 0.717) is 0 Å². The van der Waals surface area contributed by atoms with Crippen LogP contribution in [0.2, 0.25) is 5.02 Å². The van der Waals surface area contributed by atoms with Crippen molar-refractivity contribution in [2.45, 2.75) is 12.5 Å². The first-order valence-electron chi connectivity index (χ1n) is 4.17. The van der Waals surface area contributed by atoms with Gasteiger partial charge in [-0.1, -0.05) is 11.6 Å². The second kappa shape index (κ2) is 3.48. The molecule has 0 aliphatic carbocycles. The molecule has 13 heavy (non-hydrogen) atoms. The molecular formula is C9H10BrClN2. The SMILES string of the molecule is NC1CCNc2c(Br)ccc(Cl)c21. The molecule has 0 aromatic heterocycles. The van der Waals surface area contributed by atoms with Gasteiger partial charge < -0.3 is 11.1 Å². The lowest BCUT2D eigenvalue weighted by molar-refractivity contribution is 0.654. The molecule has 0 fully saturated rings. The zero-order chi connectivity index (χ0) is 9.42. The van der Waals surface area contributed by atoms with Gasteiger partial charge in [0.05, 0.1) is 5.69 Å². The number of anilines is 1. The van der Waals surface area contributed by atoms with Crippen molar-refractivity contribution >= 4 is 33.2 Å². The van der Waals surface area contributed by atoms with Gasteiger partial charge >= 0.3 is 0 Å². The summed E-state index contributed by atoms with van der Waals surface area (Å²) in [6.07, 6.45) is 0.934. The lowest BCUT2D eigenvalue weighted by atomic mass is 9.99. The topological polar surface area (TPSA) is 38.0 Å². The third kappa shape index (κ3) is 1.56. The maximum Gasteiger partial charge on any atom is 0.0548 e. The maximum atomic E-state index is 6.07. The normalized spacial score (nSPS) is 20.7. The fourth-order valence-corrected chi connectivity index (χ4v) is 2.39. The Morgan fingerprint density at radius 3 is 3.00 bits per heavy atom. The van der Waals surface area contributed by atoms with E-state index in [4.69, 9.17) is 17.3 Å². The summed E-state index contributed by atoms with van der Waals surface area (Å²) in [6, 6.07) is 3.87. The summed E-state index contributed by atoms with van der Waals surface area (Å²) < 4.78 is 1.03. The van der Waals surface area contributed by atoms with Crippen LogP contribution in [0, 0.1) is 0 Å².